The fraction of sp³-hybridized carbons (Fsp3) is 0.944. The van der Waals surface area contributed by atoms with Gasteiger partial charge < -0.3 is 24.8 Å². The molecule has 172 valence electrons. The molecule has 0 bridgehead atoms. The fourth-order valence-corrected chi connectivity index (χ4v) is 4.09. The van der Waals surface area contributed by atoms with Gasteiger partial charge in [0.1, 0.15) is 0 Å². The minimum atomic E-state index is -3.33. The van der Waals surface area contributed by atoms with Crippen LogP contribution in [0.1, 0.15) is 32.1 Å². The number of rotatable bonds is 12. The summed E-state index contributed by atoms with van der Waals surface area (Å²) in [5.41, 5.74) is 0. The molecule has 2 aliphatic rings. The number of guanidine groups is 1. The van der Waals surface area contributed by atoms with Crippen molar-refractivity contribution in [2.45, 2.75) is 38.2 Å². The second-order valence-electron chi connectivity index (χ2n) is 7.24. The van der Waals surface area contributed by atoms with Crippen LogP contribution in [0.3, 0.4) is 0 Å². The van der Waals surface area contributed by atoms with Crippen molar-refractivity contribution in [1.82, 2.24) is 15.4 Å². The number of hydrogen-bond acceptors (Lipinski definition) is 6. The molecule has 0 amide bonds. The minimum absolute atomic E-state index is 0. The first-order valence-electron chi connectivity index (χ1n) is 10.3. The van der Waals surface area contributed by atoms with Gasteiger partial charge in [0.15, 0.2) is 5.96 Å². The summed E-state index contributed by atoms with van der Waals surface area (Å²) < 4.78 is 43.3. The Bertz CT molecular complexity index is 552. The van der Waals surface area contributed by atoms with Crippen molar-refractivity contribution in [3.63, 3.8) is 0 Å². The third kappa shape index (κ3) is 12.3. The zero-order chi connectivity index (χ0) is 20.1. The van der Waals surface area contributed by atoms with Gasteiger partial charge in [-0.25, -0.2) is 13.1 Å². The summed E-state index contributed by atoms with van der Waals surface area (Å²) in [5.74, 6) is 1.12. The summed E-state index contributed by atoms with van der Waals surface area (Å²) in [6, 6.07) is 0. The Balaban J connectivity index is 0.00000420. The molecule has 0 radical (unpaired) electrons. The van der Waals surface area contributed by atoms with E-state index < -0.39 is 10.0 Å². The van der Waals surface area contributed by atoms with E-state index in [4.69, 9.17) is 14.2 Å². The van der Waals surface area contributed by atoms with Gasteiger partial charge >= 0.3 is 0 Å². The maximum absolute atomic E-state index is 12.1. The molecule has 0 aromatic carbocycles. The molecule has 0 aromatic rings. The van der Waals surface area contributed by atoms with Crippen LogP contribution in [0.15, 0.2) is 4.99 Å². The van der Waals surface area contributed by atoms with Gasteiger partial charge in [-0.15, -0.1) is 24.0 Å². The molecule has 2 unspecified atom stereocenters. The maximum atomic E-state index is 12.1. The number of hydrogen-bond donors (Lipinski definition) is 3. The summed E-state index contributed by atoms with van der Waals surface area (Å²) in [4.78, 5) is 4.11. The standard InChI is InChI=1S/C18H36N4O5S.HI/c1-19-18(20-7-4-9-25-14-16-6-11-26-15-16)21-8-12-28(23,24)22-13-17-5-2-3-10-27-17;/h16-17,22H,2-15H2,1H3,(H2,19,20,21);1H. The molecule has 11 heteroatoms. The molecule has 2 aliphatic heterocycles. The maximum Gasteiger partial charge on any atom is 0.213 e. The predicted molar refractivity (Wildman–Crippen MR) is 125 cm³/mol. The van der Waals surface area contributed by atoms with E-state index in [-0.39, 0.29) is 35.8 Å². The number of sulfonamides is 1. The van der Waals surface area contributed by atoms with Crippen LogP contribution in [-0.4, -0.2) is 86.0 Å². The zero-order valence-corrected chi connectivity index (χ0v) is 20.5. The lowest BCUT2D eigenvalue weighted by atomic mass is 10.1. The summed E-state index contributed by atoms with van der Waals surface area (Å²) in [6.45, 7) is 5.16. The van der Waals surface area contributed by atoms with E-state index in [9.17, 15) is 8.42 Å². The Morgan fingerprint density at radius 1 is 1.17 bits per heavy atom. The molecule has 29 heavy (non-hydrogen) atoms. The van der Waals surface area contributed by atoms with Crippen LogP contribution in [0.25, 0.3) is 0 Å². The molecule has 3 N–H and O–H groups in total. The van der Waals surface area contributed by atoms with Crippen molar-refractivity contribution in [1.29, 1.82) is 0 Å². The largest absolute Gasteiger partial charge is 0.381 e. The highest BCUT2D eigenvalue weighted by atomic mass is 127. The van der Waals surface area contributed by atoms with Gasteiger partial charge in [0, 0.05) is 52.4 Å². The predicted octanol–water partition coefficient (Wildman–Crippen LogP) is 0.701. The Morgan fingerprint density at radius 3 is 2.69 bits per heavy atom. The number of aliphatic imine (C=N–C) groups is 1. The van der Waals surface area contributed by atoms with Crippen molar-refractivity contribution in [3.8, 4) is 0 Å². The Morgan fingerprint density at radius 2 is 2.00 bits per heavy atom. The highest BCUT2D eigenvalue weighted by Crippen LogP contribution is 2.12. The second-order valence-corrected chi connectivity index (χ2v) is 9.17. The Kier molecular flexibility index (Phi) is 14.4. The molecule has 2 saturated heterocycles. The molecular weight excluding hydrogens is 511 g/mol. The van der Waals surface area contributed by atoms with Crippen molar-refractivity contribution in [2.75, 3.05) is 65.5 Å². The van der Waals surface area contributed by atoms with E-state index in [1.165, 1.54) is 0 Å². The van der Waals surface area contributed by atoms with E-state index in [0.717, 1.165) is 58.5 Å². The van der Waals surface area contributed by atoms with Crippen LogP contribution in [-0.2, 0) is 24.2 Å². The average Bonchev–Trinajstić information content (AvgIpc) is 3.22. The smallest absolute Gasteiger partial charge is 0.213 e. The zero-order valence-electron chi connectivity index (χ0n) is 17.4. The lowest BCUT2D eigenvalue weighted by Gasteiger charge is -2.22. The highest BCUT2D eigenvalue weighted by Gasteiger charge is 2.18. The van der Waals surface area contributed by atoms with Gasteiger partial charge in [0.2, 0.25) is 10.0 Å². The Labute approximate surface area is 192 Å². The SMILES string of the molecule is CN=C(NCCCOCC1CCOC1)NCCS(=O)(=O)NCC1CCCCO1.I. The van der Waals surface area contributed by atoms with Crippen molar-refractivity contribution < 1.29 is 22.6 Å². The Hall–Kier alpha value is -0.210. The molecule has 9 nitrogen and oxygen atoms in total. The van der Waals surface area contributed by atoms with Gasteiger partial charge in [-0.05, 0) is 32.1 Å². The van der Waals surface area contributed by atoms with E-state index in [1.54, 1.807) is 7.05 Å². The molecule has 2 rings (SSSR count). The molecule has 0 spiro atoms. The monoisotopic (exact) mass is 548 g/mol. The summed E-state index contributed by atoms with van der Waals surface area (Å²) in [6.07, 6.45) is 5.00. The number of halogens is 1. The quantitative estimate of drug-likeness (QED) is 0.143. The van der Waals surface area contributed by atoms with Crippen LogP contribution < -0.4 is 15.4 Å². The molecular formula is C18H37IN4O5S. The van der Waals surface area contributed by atoms with Crippen LogP contribution in [0, 0.1) is 5.92 Å². The van der Waals surface area contributed by atoms with Crippen molar-refractivity contribution in [3.05, 3.63) is 0 Å². The van der Waals surface area contributed by atoms with Crippen LogP contribution in [0.5, 0.6) is 0 Å². The van der Waals surface area contributed by atoms with E-state index in [1.807, 2.05) is 0 Å². The van der Waals surface area contributed by atoms with Crippen molar-refractivity contribution in [2.24, 2.45) is 10.9 Å². The highest BCUT2D eigenvalue weighted by molar-refractivity contribution is 14.0. The number of ether oxygens (including phenoxy) is 3. The average molecular weight is 548 g/mol. The van der Waals surface area contributed by atoms with Gasteiger partial charge in [-0.2, -0.15) is 0 Å². The van der Waals surface area contributed by atoms with Crippen LogP contribution in [0.4, 0.5) is 0 Å². The summed E-state index contributed by atoms with van der Waals surface area (Å²) in [5, 5.41) is 6.20. The van der Waals surface area contributed by atoms with Crippen LogP contribution >= 0.6 is 24.0 Å². The number of nitrogens with zero attached hydrogens (tertiary/aromatic N) is 1. The summed E-state index contributed by atoms with van der Waals surface area (Å²) in [7, 11) is -1.67. The first kappa shape index (κ1) is 26.8. The lowest BCUT2D eigenvalue weighted by molar-refractivity contribution is 0.0200. The van der Waals surface area contributed by atoms with Crippen LogP contribution in [0.2, 0.25) is 0 Å². The minimum Gasteiger partial charge on any atom is -0.381 e. The molecule has 2 heterocycles. The summed E-state index contributed by atoms with van der Waals surface area (Å²) >= 11 is 0. The van der Waals surface area contributed by atoms with Gasteiger partial charge in [-0.3, -0.25) is 4.99 Å². The first-order chi connectivity index (χ1) is 13.6. The third-order valence-corrected chi connectivity index (χ3v) is 6.18. The van der Waals surface area contributed by atoms with Crippen molar-refractivity contribution >= 4 is 40.0 Å². The second kappa shape index (κ2) is 15.6. The topological polar surface area (TPSA) is 110 Å². The van der Waals surface area contributed by atoms with E-state index in [0.29, 0.717) is 38.1 Å². The lowest BCUT2D eigenvalue weighted by Crippen LogP contribution is -2.42. The van der Waals surface area contributed by atoms with Gasteiger partial charge in [-0.1, -0.05) is 0 Å². The van der Waals surface area contributed by atoms with Gasteiger partial charge in [0.05, 0.1) is 25.1 Å². The molecule has 0 saturated carbocycles. The first-order valence-corrected chi connectivity index (χ1v) is 11.9. The van der Waals surface area contributed by atoms with E-state index >= 15 is 0 Å². The van der Waals surface area contributed by atoms with E-state index in [2.05, 4.69) is 20.3 Å². The fourth-order valence-electron chi connectivity index (χ4n) is 3.13. The third-order valence-electron chi connectivity index (χ3n) is 4.83. The number of nitrogens with one attached hydrogen (secondary N) is 3. The normalized spacial score (nSPS) is 22.9. The van der Waals surface area contributed by atoms with Gasteiger partial charge in [0.25, 0.3) is 0 Å². The molecule has 0 aliphatic carbocycles. The molecule has 2 atom stereocenters. The molecule has 2 fully saturated rings. The molecule has 0 aromatic heterocycles.